The van der Waals surface area contributed by atoms with Crippen molar-refractivity contribution < 1.29 is 14.8 Å². The van der Waals surface area contributed by atoms with Crippen molar-refractivity contribution in [3.63, 3.8) is 0 Å². The van der Waals surface area contributed by atoms with Crippen LogP contribution in [0.15, 0.2) is 18.2 Å². The molecule has 1 rings (SSSR count). The topological polar surface area (TPSA) is 92.5 Å². The molecule has 0 spiro atoms. The van der Waals surface area contributed by atoms with Crippen LogP contribution in [0.3, 0.4) is 0 Å². The monoisotopic (exact) mass is 266 g/mol. The number of hydrogen-bond donors (Lipinski definition) is 2. The lowest BCUT2D eigenvalue weighted by Gasteiger charge is -2.15. The fourth-order valence-electron chi connectivity index (χ4n) is 1.77. The van der Waals surface area contributed by atoms with Crippen molar-refractivity contribution in [2.75, 3.05) is 5.32 Å². The van der Waals surface area contributed by atoms with Gasteiger partial charge in [0.2, 0.25) is 0 Å². The molecule has 6 nitrogen and oxygen atoms in total. The van der Waals surface area contributed by atoms with E-state index in [2.05, 4.69) is 5.32 Å². The standard InChI is InChI=1S/C13H18N2O4/c1-3-4-5-11(13(16)17)14-10-7-6-9(2)8-12(10)15(18)19/h6-8,11,14H,3-5H2,1-2H3,(H,16,17). The van der Waals surface area contributed by atoms with Crippen molar-refractivity contribution in [2.45, 2.75) is 39.2 Å². The molecular weight excluding hydrogens is 248 g/mol. The van der Waals surface area contributed by atoms with Gasteiger partial charge in [0.15, 0.2) is 0 Å². The molecule has 0 aliphatic heterocycles. The molecule has 0 aliphatic carbocycles. The molecule has 0 aromatic heterocycles. The van der Waals surface area contributed by atoms with Crippen LogP contribution in [0.25, 0.3) is 0 Å². The van der Waals surface area contributed by atoms with Crippen LogP contribution in [0.2, 0.25) is 0 Å². The van der Waals surface area contributed by atoms with Crippen molar-refractivity contribution in [3.8, 4) is 0 Å². The lowest BCUT2D eigenvalue weighted by molar-refractivity contribution is -0.384. The van der Waals surface area contributed by atoms with E-state index in [9.17, 15) is 14.9 Å². The van der Waals surface area contributed by atoms with E-state index in [-0.39, 0.29) is 11.4 Å². The van der Waals surface area contributed by atoms with Crippen LogP contribution in [0, 0.1) is 17.0 Å². The molecule has 104 valence electrons. The molecule has 0 aliphatic rings. The van der Waals surface area contributed by atoms with Gasteiger partial charge in [-0.1, -0.05) is 25.8 Å². The summed E-state index contributed by atoms with van der Waals surface area (Å²) >= 11 is 0. The minimum Gasteiger partial charge on any atom is -0.480 e. The Bertz CT molecular complexity index is 474. The molecule has 1 atom stereocenters. The molecule has 19 heavy (non-hydrogen) atoms. The second-order valence-corrected chi connectivity index (χ2v) is 4.46. The molecule has 1 aromatic rings. The van der Waals surface area contributed by atoms with E-state index in [0.717, 1.165) is 18.4 Å². The molecule has 2 N–H and O–H groups in total. The van der Waals surface area contributed by atoms with Gasteiger partial charge in [-0.2, -0.15) is 0 Å². The number of aliphatic carboxylic acids is 1. The van der Waals surface area contributed by atoms with Gasteiger partial charge in [-0.3, -0.25) is 10.1 Å². The summed E-state index contributed by atoms with van der Waals surface area (Å²) in [6.45, 7) is 3.72. The van der Waals surface area contributed by atoms with Gasteiger partial charge < -0.3 is 10.4 Å². The summed E-state index contributed by atoms with van der Waals surface area (Å²) in [5.74, 6) is -0.997. The number of rotatable bonds is 7. The summed E-state index contributed by atoms with van der Waals surface area (Å²) in [6, 6.07) is 3.89. The third-order valence-corrected chi connectivity index (χ3v) is 2.82. The first-order valence-corrected chi connectivity index (χ1v) is 6.20. The predicted molar refractivity (Wildman–Crippen MR) is 72.4 cm³/mol. The number of nitro benzene ring substituents is 1. The molecule has 0 heterocycles. The van der Waals surface area contributed by atoms with E-state index >= 15 is 0 Å². The van der Waals surface area contributed by atoms with Crippen LogP contribution < -0.4 is 5.32 Å². The van der Waals surface area contributed by atoms with Crippen LogP contribution in [0.1, 0.15) is 31.7 Å². The fourth-order valence-corrected chi connectivity index (χ4v) is 1.77. The largest absolute Gasteiger partial charge is 0.480 e. The Kier molecular flexibility index (Phi) is 5.29. The normalized spacial score (nSPS) is 11.9. The number of aryl methyl sites for hydroxylation is 1. The average Bonchev–Trinajstić information content (AvgIpc) is 2.35. The van der Waals surface area contributed by atoms with Crippen molar-refractivity contribution in [3.05, 3.63) is 33.9 Å². The first kappa shape index (κ1) is 14.9. The number of unbranched alkanes of at least 4 members (excludes halogenated alkanes) is 1. The van der Waals surface area contributed by atoms with E-state index < -0.39 is 16.9 Å². The Balaban J connectivity index is 2.95. The van der Waals surface area contributed by atoms with E-state index in [4.69, 9.17) is 5.11 Å². The molecule has 0 radical (unpaired) electrons. The maximum absolute atomic E-state index is 11.1. The molecule has 0 amide bonds. The SMILES string of the molecule is CCCCC(Nc1ccc(C)cc1[N+](=O)[O-])C(=O)O. The number of nitrogens with one attached hydrogen (secondary N) is 1. The van der Waals surface area contributed by atoms with Crippen molar-refractivity contribution in [1.82, 2.24) is 0 Å². The summed E-state index contributed by atoms with van der Waals surface area (Å²) in [6.07, 6.45) is 2.07. The third kappa shape index (κ3) is 4.24. The smallest absolute Gasteiger partial charge is 0.326 e. The summed E-state index contributed by atoms with van der Waals surface area (Å²) in [5.41, 5.74) is 0.916. The quantitative estimate of drug-likeness (QED) is 0.584. The second kappa shape index (κ2) is 6.72. The number of carboxylic acids is 1. The number of anilines is 1. The Hall–Kier alpha value is -2.11. The van der Waals surface area contributed by atoms with Crippen molar-refractivity contribution in [2.24, 2.45) is 0 Å². The number of carbonyl (C=O) groups is 1. The van der Waals surface area contributed by atoms with Gasteiger partial charge in [0.1, 0.15) is 11.7 Å². The number of benzene rings is 1. The Morgan fingerprint density at radius 1 is 1.53 bits per heavy atom. The van der Waals surface area contributed by atoms with E-state index in [1.165, 1.54) is 6.07 Å². The van der Waals surface area contributed by atoms with Gasteiger partial charge in [-0.25, -0.2) is 4.79 Å². The lowest BCUT2D eigenvalue weighted by atomic mass is 10.1. The second-order valence-electron chi connectivity index (χ2n) is 4.46. The van der Waals surface area contributed by atoms with Gasteiger partial charge in [0.25, 0.3) is 5.69 Å². The fraction of sp³-hybridized carbons (Fsp3) is 0.462. The number of hydrogen-bond acceptors (Lipinski definition) is 4. The van der Waals surface area contributed by atoms with Gasteiger partial charge in [-0.15, -0.1) is 0 Å². The predicted octanol–water partition coefficient (Wildman–Crippen LogP) is 2.96. The lowest BCUT2D eigenvalue weighted by Crippen LogP contribution is -2.29. The van der Waals surface area contributed by atoms with Crippen molar-refractivity contribution >= 4 is 17.3 Å². The highest BCUT2D eigenvalue weighted by atomic mass is 16.6. The third-order valence-electron chi connectivity index (χ3n) is 2.82. The van der Waals surface area contributed by atoms with Gasteiger partial charge >= 0.3 is 5.97 Å². The highest BCUT2D eigenvalue weighted by Gasteiger charge is 2.21. The highest BCUT2D eigenvalue weighted by Crippen LogP contribution is 2.26. The number of nitrogens with zero attached hydrogens (tertiary/aromatic N) is 1. The Morgan fingerprint density at radius 3 is 2.74 bits per heavy atom. The molecule has 0 fully saturated rings. The molecule has 0 saturated carbocycles. The minimum absolute atomic E-state index is 0.0947. The van der Waals surface area contributed by atoms with Gasteiger partial charge in [0, 0.05) is 6.07 Å². The van der Waals surface area contributed by atoms with E-state index in [1.807, 2.05) is 6.92 Å². The van der Waals surface area contributed by atoms with Gasteiger partial charge in [-0.05, 0) is 25.0 Å². The van der Waals surface area contributed by atoms with Crippen molar-refractivity contribution in [1.29, 1.82) is 0 Å². The molecule has 6 heteroatoms. The highest BCUT2D eigenvalue weighted by molar-refractivity contribution is 5.79. The first-order valence-electron chi connectivity index (χ1n) is 6.20. The molecule has 0 bridgehead atoms. The maximum Gasteiger partial charge on any atom is 0.326 e. The molecule has 1 unspecified atom stereocenters. The van der Waals surface area contributed by atoms with Crippen LogP contribution in [-0.2, 0) is 4.79 Å². The number of nitro groups is 1. The molecule has 0 saturated heterocycles. The summed E-state index contributed by atoms with van der Waals surface area (Å²) in [4.78, 5) is 21.6. The number of carboxylic acid groups (broad SMARTS) is 1. The zero-order valence-electron chi connectivity index (χ0n) is 11.0. The maximum atomic E-state index is 11.1. The molecule has 1 aromatic carbocycles. The zero-order chi connectivity index (χ0) is 14.4. The Morgan fingerprint density at radius 2 is 2.21 bits per heavy atom. The zero-order valence-corrected chi connectivity index (χ0v) is 11.0. The first-order chi connectivity index (χ1) is 8.95. The summed E-state index contributed by atoms with van der Waals surface area (Å²) in [5, 5.41) is 22.8. The van der Waals surface area contributed by atoms with Crippen LogP contribution in [0.5, 0.6) is 0 Å². The summed E-state index contributed by atoms with van der Waals surface area (Å²) < 4.78 is 0. The van der Waals surface area contributed by atoms with Crippen LogP contribution >= 0.6 is 0 Å². The van der Waals surface area contributed by atoms with Crippen LogP contribution in [-0.4, -0.2) is 22.0 Å². The Labute approximate surface area is 111 Å². The van der Waals surface area contributed by atoms with Gasteiger partial charge in [0.05, 0.1) is 4.92 Å². The van der Waals surface area contributed by atoms with Crippen LogP contribution in [0.4, 0.5) is 11.4 Å². The van der Waals surface area contributed by atoms with E-state index in [0.29, 0.717) is 6.42 Å². The molecular formula is C13H18N2O4. The summed E-state index contributed by atoms with van der Waals surface area (Å²) in [7, 11) is 0. The average molecular weight is 266 g/mol. The van der Waals surface area contributed by atoms with E-state index in [1.54, 1.807) is 19.1 Å². The minimum atomic E-state index is -0.997.